The molecule has 2 radical (unpaired) electrons. The summed E-state index contributed by atoms with van der Waals surface area (Å²) < 4.78 is 0. The van der Waals surface area contributed by atoms with E-state index in [1.165, 1.54) is 0 Å². The highest BCUT2D eigenvalue weighted by Crippen LogP contribution is 1.85. The van der Waals surface area contributed by atoms with Crippen LogP contribution in [0.25, 0.3) is 0 Å². The number of hydrogen-bond acceptors (Lipinski definition) is 2. The predicted octanol–water partition coefficient (Wildman–Crippen LogP) is -0.467. The lowest BCUT2D eigenvalue weighted by Crippen LogP contribution is -2.07. The highest BCUT2D eigenvalue weighted by atomic mass is 16.4. The predicted molar refractivity (Wildman–Crippen MR) is 22.6 cm³/mol. The van der Waals surface area contributed by atoms with Crippen LogP contribution in [0.15, 0.2) is 0 Å². The molecule has 0 fully saturated rings. The van der Waals surface area contributed by atoms with E-state index in [1.54, 1.807) is 0 Å². The molecule has 0 aliphatic carbocycles. The molecular weight excluding hydrogens is 96.0 g/mol. The van der Waals surface area contributed by atoms with Crippen molar-refractivity contribution in [1.82, 2.24) is 0 Å². The fraction of sp³-hybridized carbons (Fsp3) is 0.500. The summed E-state index contributed by atoms with van der Waals surface area (Å²) in [4.78, 5) is 9.57. The van der Waals surface area contributed by atoms with Gasteiger partial charge in [0, 0.05) is 0 Å². The number of aliphatic carboxylic acids is 1. The van der Waals surface area contributed by atoms with Gasteiger partial charge in [0.2, 0.25) is 0 Å². The lowest BCUT2D eigenvalue weighted by Gasteiger charge is -1.93. The monoisotopic (exact) mass is 102 g/mol. The van der Waals surface area contributed by atoms with Crippen LogP contribution in [-0.4, -0.2) is 22.3 Å². The maximum absolute atomic E-state index is 9.57. The van der Waals surface area contributed by atoms with Crippen LogP contribution in [0.2, 0.25) is 0 Å². The van der Waals surface area contributed by atoms with E-state index in [1.807, 2.05) is 0 Å². The molecule has 0 saturated heterocycles. The average molecular weight is 102 g/mol. The minimum Gasteiger partial charge on any atom is -0.481 e. The van der Waals surface area contributed by atoms with E-state index in [2.05, 4.69) is 6.92 Å². The van der Waals surface area contributed by atoms with E-state index < -0.39 is 12.1 Å². The molecule has 0 rings (SSSR count). The number of carboxylic acids is 1. The van der Waals surface area contributed by atoms with Crippen LogP contribution in [0.1, 0.15) is 6.42 Å². The molecule has 0 aromatic rings. The standard InChI is InChI=1S/C4H6O3/c1-3(5)2-4(6)7/h1,3,5H,2H2,(H,6,7). The molecule has 7 heavy (non-hydrogen) atoms. The van der Waals surface area contributed by atoms with E-state index >= 15 is 0 Å². The second kappa shape index (κ2) is 2.58. The largest absolute Gasteiger partial charge is 0.481 e. The van der Waals surface area contributed by atoms with Crippen molar-refractivity contribution < 1.29 is 15.0 Å². The Morgan fingerprint density at radius 1 is 1.86 bits per heavy atom. The molecule has 1 unspecified atom stereocenters. The molecule has 3 nitrogen and oxygen atoms in total. The molecular formula is C4H6O3. The smallest absolute Gasteiger partial charge is 0.305 e. The molecule has 0 heterocycles. The Kier molecular flexibility index (Phi) is 2.37. The number of carbonyl (C=O) groups is 1. The minimum atomic E-state index is -1.22. The van der Waals surface area contributed by atoms with Gasteiger partial charge in [-0.15, -0.1) is 0 Å². The minimum absolute atomic E-state index is 0.389. The maximum atomic E-state index is 9.57. The van der Waals surface area contributed by atoms with Crippen molar-refractivity contribution in [2.75, 3.05) is 0 Å². The van der Waals surface area contributed by atoms with Crippen LogP contribution in [0, 0.1) is 6.92 Å². The lowest BCUT2D eigenvalue weighted by atomic mass is 10.3. The van der Waals surface area contributed by atoms with E-state index in [0.717, 1.165) is 0 Å². The molecule has 2 N–H and O–H groups in total. The van der Waals surface area contributed by atoms with Gasteiger partial charge in [0.25, 0.3) is 0 Å². The number of rotatable bonds is 2. The quantitative estimate of drug-likeness (QED) is 0.495. The summed E-state index contributed by atoms with van der Waals surface area (Å²) in [6, 6.07) is 0. The third-order valence-electron chi connectivity index (χ3n) is 0.384. The molecule has 0 amide bonds. The number of aliphatic hydroxyl groups excluding tert-OH is 1. The Hall–Kier alpha value is -0.570. The summed E-state index contributed by atoms with van der Waals surface area (Å²) >= 11 is 0. The van der Waals surface area contributed by atoms with Crippen LogP contribution in [0.4, 0.5) is 0 Å². The Morgan fingerprint density at radius 3 is 2.29 bits per heavy atom. The summed E-state index contributed by atoms with van der Waals surface area (Å²) in [5, 5.41) is 16.0. The summed E-state index contributed by atoms with van der Waals surface area (Å²) in [6.45, 7) is 4.67. The zero-order valence-corrected chi connectivity index (χ0v) is 3.66. The molecule has 0 aromatic heterocycles. The van der Waals surface area contributed by atoms with Crippen molar-refractivity contribution in [2.45, 2.75) is 12.5 Å². The van der Waals surface area contributed by atoms with Gasteiger partial charge in [0.15, 0.2) is 0 Å². The van der Waals surface area contributed by atoms with Gasteiger partial charge in [-0.3, -0.25) is 4.79 Å². The number of hydrogen-bond donors (Lipinski definition) is 2. The SMILES string of the molecule is [CH]C(O)CC(=O)O. The Balaban J connectivity index is 3.13. The summed E-state index contributed by atoms with van der Waals surface area (Å²) in [5.74, 6) is -1.09. The summed E-state index contributed by atoms with van der Waals surface area (Å²) in [6.07, 6.45) is -1.61. The van der Waals surface area contributed by atoms with Crippen molar-refractivity contribution in [2.24, 2.45) is 0 Å². The molecule has 0 aliphatic heterocycles. The van der Waals surface area contributed by atoms with Crippen LogP contribution < -0.4 is 0 Å². The van der Waals surface area contributed by atoms with Crippen molar-refractivity contribution in [1.29, 1.82) is 0 Å². The summed E-state index contributed by atoms with van der Waals surface area (Å²) in [5.41, 5.74) is 0. The number of carboxylic acid groups (broad SMARTS) is 1. The molecule has 0 spiro atoms. The molecule has 1 atom stereocenters. The zero-order chi connectivity index (χ0) is 5.86. The number of aliphatic hydroxyl groups is 1. The van der Waals surface area contributed by atoms with Gasteiger partial charge in [0.05, 0.1) is 12.5 Å². The van der Waals surface area contributed by atoms with Crippen LogP contribution in [0.3, 0.4) is 0 Å². The first kappa shape index (κ1) is 6.43. The fourth-order valence-electron chi connectivity index (χ4n) is 0.179. The van der Waals surface area contributed by atoms with Gasteiger partial charge in [-0.2, -0.15) is 0 Å². The molecule has 0 aliphatic rings. The third-order valence-corrected chi connectivity index (χ3v) is 0.384. The highest BCUT2D eigenvalue weighted by molar-refractivity contribution is 5.67. The second-order valence-corrected chi connectivity index (χ2v) is 1.17. The first-order valence-corrected chi connectivity index (χ1v) is 1.78. The van der Waals surface area contributed by atoms with E-state index in [4.69, 9.17) is 10.2 Å². The molecule has 40 valence electrons. The van der Waals surface area contributed by atoms with Gasteiger partial charge in [-0.1, -0.05) is 0 Å². The first-order chi connectivity index (χ1) is 3.13. The van der Waals surface area contributed by atoms with E-state index in [-0.39, 0.29) is 6.42 Å². The van der Waals surface area contributed by atoms with E-state index in [9.17, 15) is 4.79 Å². The van der Waals surface area contributed by atoms with Crippen molar-refractivity contribution >= 4 is 5.97 Å². The Morgan fingerprint density at radius 2 is 2.29 bits per heavy atom. The topological polar surface area (TPSA) is 57.5 Å². The average Bonchev–Trinajstić information content (AvgIpc) is 1.27. The van der Waals surface area contributed by atoms with Crippen molar-refractivity contribution in [3.05, 3.63) is 6.92 Å². The van der Waals surface area contributed by atoms with Crippen molar-refractivity contribution in [3.63, 3.8) is 0 Å². The van der Waals surface area contributed by atoms with Crippen LogP contribution in [-0.2, 0) is 4.79 Å². The highest BCUT2D eigenvalue weighted by Gasteiger charge is 2.00. The van der Waals surface area contributed by atoms with Gasteiger partial charge in [0.1, 0.15) is 0 Å². The first-order valence-electron chi connectivity index (χ1n) is 1.78. The van der Waals surface area contributed by atoms with Gasteiger partial charge in [-0.25, -0.2) is 0 Å². The Bertz CT molecular complexity index is 67.3. The molecule has 0 bridgehead atoms. The normalized spacial score (nSPS) is 13.4. The van der Waals surface area contributed by atoms with Crippen molar-refractivity contribution in [3.8, 4) is 0 Å². The lowest BCUT2D eigenvalue weighted by molar-refractivity contribution is -0.138. The molecule has 3 heteroatoms. The second-order valence-electron chi connectivity index (χ2n) is 1.17. The fourth-order valence-corrected chi connectivity index (χ4v) is 0.179. The zero-order valence-electron chi connectivity index (χ0n) is 3.66. The van der Waals surface area contributed by atoms with Crippen LogP contribution >= 0.6 is 0 Å². The van der Waals surface area contributed by atoms with Gasteiger partial charge < -0.3 is 10.2 Å². The van der Waals surface area contributed by atoms with Gasteiger partial charge >= 0.3 is 5.97 Å². The third kappa shape index (κ3) is 5.43. The maximum Gasteiger partial charge on any atom is 0.305 e. The molecule has 0 aromatic carbocycles. The summed E-state index contributed by atoms with van der Waals surface area (Å²) in [7, 11) is 0. The molecule has 0 saturated carbocycles. The van der Waals surface area contributed by atoms with Crippen LogP contribution in [0.5, 0.6) is 0 Å². The van der Waals surface area contributed by atoms with E-state index in [0.29, 0.717) is 0 Å². The van der Waals surface area contributed by atoms with Gasteiger partial charge in [-0.05, 0) is 6.92 Å². The Labute approximate surface area is 41.6 Å².